The molecule has 0 saturated heterocycles. The molecule has 3 N–H and O–H groups in total. The van der Waals surface area contributed by atoms with E-state index in [9.17, 15) is 4.79 Å². The minimum atomic E-state index is -0.142. The highest BCUT2D eigenvalue weighted by atomic mass is 127. The Labute approximate surface area is 212 Å². The van der Waals surface area contributed by atoms with Crippen LogP contribution in [-0.2, 0) is 19.5 Å². The summed E-state index contributed by atoms with van der Waals surface area (Å²) < 4.78 is 10.4. The number of benzene rings is 2. The minimum absolute atomic E-state index is 0. The molecule has 0 atom stereocenters. The van der Waals surface area contributed by atoms with Crippen molar-refractivity contribution in [2.75, 3.05) is 20.2 Å². The summed E-state index contributed by atoms with van der Waals surface area (Å²) in [6.45, 7) is 4.38. The van der Waals surface area contributed by atoms with Gasteiger partial charge in [-0.3, -0.25) is 4.79 Å². The second-order valence-corrected chi connectivity index (χ2v) is 7.18. The van der Waals surface area contributed by atoms with E-state index in [0.717, 1.165) is 42.5 Å². The summed E-state index contributed by atoms with van der Waals surface area (Å²) in [7, 11) is 1.67. The molecule has 0 unspecified atom stereocenters. The van der Waals surface area contributed by atoms with Crippen molar-refractivity contribution in [3.63, 3.8) is 0 Å². The van der Waals surface area contributed by atoms with Gasteiger partial charge in [0, 0.05) is 18.7 Å². The van der Waals surface area contributed by atoms with Gasteiger partial charge in [-0.15, -0.1) is 24.0 Å². The van der Waals surface area contributed by atoms with Crippen LogP contribution in [-0.4, -0.2) is 32.1 Å². The van der Waals surface area contributed by atoms with Gasteiger partial charge in [-0.1, -0.05) is 24.3 Å². The van der Waals surface area contributed by atoms with Crippen LogP contribution in [0.5, 0.6) is 5.75 Å². The third kappa shape index (κ3) is 8.80. The number of furan rings is 1. The van der Waals surface area contributed by atoms with E-state index in [4.69, 9.17) is 9.15 Å². The van der Waals surface area contributed by atoms with E-state index in [1.165, 1.54) is 5.56 Å². The Bertz CT molecular complexity index is 1000. The van der Waals surface area contributed by atoms with E-state index in [1.807, 2.05) is 43.3 Å². The van der Waals surface area contributed by atoms with Crippen LogP contribution in [0.2, 0.25) is 0 Å². The van der Waals surface area contributed by atoms with Crippen LogP contribution < -0.4 is 20.7 Å². The van der Waals surface area contributed by atoms with E-state index in [2.05, 4.69) is 33.1 Å². The zero-order chi connectivity index (χ0) is 22.6. The molecule has 0 spiro atoms. The van der Waals surface area contributed by atoms with Crippen molar-refractivity contribution < 1.29 is 13.9 Å². The van der Waals surface area contributed by atoms with Crippen LogP contribution in [0, 0.1) is 0 Å². The van der Waals surface area contributed by atoms with Gasteiger partial charge >= 0.3 is 0 Å². The topological polar surface area (TPSA) is 87.9 Å². The molecule has 2 aromatic carbocycles. The molecule has 7 nitrogen and oxygen atoms in total. The smallest absolute Gasteiger partial charge is 0.251 e. The number of amides is 1. The molecule has 0 saturated carbocycles. The number of methoxy groups -OCH3 is 1. The van der Waals surface area contributed by atoms with E-state index in [1.54, 1.807) is 25.5 Å². The van der Waals surface area contributed by atoms with Crippen LogP contribution in [0.15, 0.2) is 76.3 Å². The van der Waals surface area contributed by atoms with Gasteiger partial charge in [0.25, 0.3) is 5.91 Å². The number of hydrogen-bond acceptors (Lipinski definition) is 4. The Hall–Kier alpha value is -3.01. The molecule has 3 aromatic rings. The molecule has 0 radical (unpaired) electrons. The lowest BCUT2D eigenvalue weighted by Crippen LogP contribution is -2.38. The van der Waals surface area contributed by atoms with E-state index in [-0.39, 0.29) is 29.9 Å². The average Bonchev–Trinajstić information content (AvgIpc) is 3.35. The van der Waals surface area contributed by atoms with Gasteiger partial charge in [0.1, 0.15) is 11.5 Å². The third-order valence-corrected chi connectivity index (χ3v) is 4.82. The molecule has 33 heavy (non-hydrogen) atoms. The Morgan fingerprint density at radius 3 is 2.52 bits per heavy atom. The predicted molar refractivity (Wildman–Crippen MR) is 141 cm³/mol. The van der Waals surface area contributed by atoms with Crippen molar-refractivity contribution in [2.45, 2.75) is 26.4 Å². The lowest BCUT2D eigenvalue weighted by Gasteiger charge is -2.12. The Morgan fingerprint density at radius 2 is 1.82 bits per heavy atom. The lowest BCUT2D eigenvalue weighted by molar-refractivity contribution is 0.0948. The fourth-order valence-corrected chi connectivity index (χ4v) is 3.12. The quantitative estimate of drug-likeness (QED) is 0.197. The molecule has 0 aliphatic heterocycles. The first kappa shape index (κ1) is 26.2. The van der Waals surface area contributed by atoms with Crippen LogP contribution in [0.3, 0.4) is 0 Å². The number of nitrogens with one attached hydrogen (secondary N) is 3. The fraction of sp³-hybridized carbons (Fsp3) is 0.280. The van der Waals surface area contributed by atoms with Crippen LogP contribution in [0.4, 0.5) is 0 Å². The van der Waals surface area contributed by atoms with Crippen molar-refractivity contribution in [3.05, 3.63) is 89.4 Å². The highest BCUT2D eigenvalue weighted by molar-refractivity contribution is 14.0. The zero-order valence-corrected chi connectivity index (χ0v) is 21.3. The highest BCUT2D eigenvalue weighted by Crippen LogP contribution is 2.11. The molecule has 1 heterocycles. The number of halogens is 1. The molecular weight excluding hydrogens is 531 g/mol. The number of ether oxygens (including phenoxy) is 1. The minimum Gasteiger partial charge on any atom is -0.497 e. The summed E-state index contributed by atoms with van der Waals surface area (Å²) >= 11 is 0. The van der Waals surface area contributed by atoms with Gasteiger partial charge < -0.3 is 25.1 Å². The molecule has 0 fully saturated rings. The number of nitrogens with zero attached hydrogens (tertiary/aromatic N) is 1. The summed E-state index contributed by atoms with van der Waals surface area (Å²) in [5.41, 5.74) is 2.78. The van der Waals surface area contributed by atoms with E-state index in [0.29, 0.717) is 18.7 Å². The molecule has 1 aromatic heterocycles. The van der Waals surface area contributed by atoms with Gasteiger partial charge in [-0.05, 0) is 60.9 Å². The van der Waals surface area contributed by atoms with Gasteiger partial charge in [0.2, 0.25) is 0 Å². The van der Waals surface area contributed by atoms with Crippen molar-refractivity contribution in [1.29, 1.82) is 0 Å². The maximum atomic E-state index is 12.4. The summed E-state index contributed by atoms with van der Waals surface area (Å²) in [4.78, 5) is 17.1. The molecule has 176 valence electrons. The monoisotopic (exact) mass is 562 g/mol. The Morgan fingerprint density at radius 1 is 1.00 bits per heavy atom. The largest absolute Gasteiger partial charge is 0.497 e. The number of aliphatic imine (C=N–C) groups is 1. The standard InChI is InChI=1S/C25H30N4O3.HI/c1-3-26-25(27-14-13-19-9-11-22(31-2)12-10-19)29-17-20-6-4-7-21(16-20)24(30)28-18-23-8-5-15-32-23;/h4-12,15-16H,3,13-14,17-18H2,1-2H3,(H,28,30)(H2,26,27,29);1H. The van der Waals surface area contributed by atoms with Gasteiger partial charge in [-0.25, -0.2) is 4.99 Å². The summed E-state index contributed by atoms with van der Waals surface area (Å²) in [6.07, 6.45) is 2.47. The van der Waals surface area contributed by atoms with E-state index < -0.39 is 0 Å². The van der Waals surface area contributed by atoms with Crippen LogP contribution in [0.1, 0.15) is 34.2 Å². The van der Waals surface area contributed by atoms with Gasteiger partial charge in [0.05, 0.1) is 26.5 Å². The Kier molecular flexibility index (Phi) is 11.3. The summed E-state index contributed by atoms with van der Waals surface area (Å²) in [5.74, 6) is 2.18. The van der Waals surface area contributed by atoms with Crippen LogP contribution in [0.25, 0.3) is 0 Å². The van der Waals surface area contributed by atoms with E-state index >= 15 is 0 Å². The van der Waals surface area contributed by atoms with Gasteiger partial charge in [-0.2, -0.15) is 0 Å². The number of carbonyl (C=O) groups excluding carboxylic acids is 1. The second-order valence-electron chi connectivity index (χ2n) is 7.18. The normalized spacial score (nSPS) is 10.8. The average molecular weight is 562 g/mol. The number of rotatable bonds is 10. The van der Waals surface area contributed by atoms with Crippen molar-refractivity contribution in [1.82, 2.24) is 16.0 Å². The summed E-state index contributed by atoms with van der Waals surface area (Å²) in [5, 5.41) is 9.48. The molecular formula is C25H31IN4O3. The first-order valence-corrected chi connectivity index (χ1v) is 10.7. The summed E-state index contributed by atoms with van der Waals surface area (Å²) in [6, 6.07) is 19.2. The number of hydrogen-bond donors (Lipinski definition) is 3. The molecule has 3 rings (SSSR count). The zero-order valence-electron chi connectivity index (χ0n) is 19.0. The Balaban J connectivity index is 0.00000385. The van der Waals surface area contributed by atoms with Crippen molar-refractivity contribution in [3.8, 4) is 5.75 Å². The molecule has 0 aliphatic rings. The number of carbonyl (C=O) groups is 1. The second kappa shape index (κ2) is 14.2. The predicted octanol–water partition coefficient (Wildman–Crippen LogP) is 4.13. The molecule has 8 heteroatoms. The highest BCUT2D eigenvalue weighted by Gasteiger charge is 2.07. The van der Waals surface area contributed by atoms with Gasteiger partial charge in [0.15, 0.2) is 5.96 Å². The lowest BCUT2D eigenvalue weighted by atomic mass is 10.1. The molecule has 1 amide bonds. The first-order valence-electron chi connectivity index (χ1n) is 10.7. The molecule has 0 aliphatic carbocycles. The SMILES string of the molecule is CCNC(=NCc1cccc(C(=O)NCc2ccco2)c1)NCCc1ccc(OC)cc1.I. The van der Waals surface area contributed by atoms with Crippen LogP contribution >= 0.6 is 24.0 Å². The molecule has 0 bridgehead atoms. The maximum absolute atomic E-state index is 12.4. The van der Waals surface area contributed by atoms with Crippen molar-refractivity contribution in [2.24, 2.45) is 4.99 Å². The maximum Gasteiger partial charge on any atom is 0.251 e. The third-order valence-electron chi connectivity index (χ3n) is 4.82. The first-order chi connectivity index (χ1) is 15.7. The fourth-order valence-electron chi connectivity index (χ4n) is 3.12. The number of guanidine groups is 1. The van der Waals surface area contributed by atoms with Crippen molar-refractivity contribution >= 4 is 35.8 Å².